The van der Waals surface area contributed by atoms with E-state index in [0.29, 0.717) is 17.1 Å². The summed E-state index contributed by atoms with van der Waals surface area (Å²) in [4.78, 5) is 0.250. The zero-order chi connectivity index (χ0) is 15.7. The number of hydrogen-bond donors (Lipinski definition) is 2. The quantitative estimate of drug-likeness (QED) is 0.588. The minimum absolute atomic E-state index is 0.250. The number of aryl methyl sites for hydroxylation is 1. The molecule has 0 radical (unpaired) electrons. The largest absolute Gasteiger partial charge is 0.392 e. The highest BCUT2D eigenvalue weighted by atomic mass is 79.9. The topological polar surface area (TPSA) is 72.2 Å². The zero-order valence-corrected chi connectivity index (χ0v) is 15.9. The first kappa shape index (κ1) is 17.3. The summed E-state index contributed by atoms with van der Waals surface area (Å²) in [6, 6.07) is 1.67. The minimum atomic E-state index is -3.61. The van der Waals surface area contributed by atoms with E-state index in [1.165, 1.54) is 11.3 Å². The summed E-state index contributed by atoms with van der Waals surface area (Å²) in [5, 5.41) is 0. The Bertz CT molecular complexity index is 612. The van der Waals surface area contributed by atoms with Crippen LogP contribution < -0.4 is 10.5 Å². The predicted octanol–water partition coefficient (Wildman–Crippen LogP) is 3.48. The first-order valence-electron chi connectivity index (χ1n) is 6.87. The molecule has 1 aliphatic carbocycles. The van der Waals surface area contributed by atoms with Gasteiger partial charge in [-0.1, -0.05) is 37.9 Å². The van der Waals surface area contributed by atoms with Gasteiger partial charge in [0.25, 0.3) is 10.0 Å². The van der Waals surface area contributed by atoms with Crippen LogP contribution in [0.2, 0.25) is 0 Å². The molecule has 118 valence electrons. The minimum Gasteiger partial charge on any atom is -0.392 e. The SMILES string of the molecule is Cc1cc(S(=O)(=O)NC2(C(N)=S)CCCCCC2)sc1Br. The number of halogens is 1. The summed E-state index contributed by atoms with van der Waals surface area (Å²) in [6.45, 7) is 1.87. The summed E-state index contributed by atoms with van der Waals surface area (Å²) in [7, 11) is -3.61. The van der Waals surface area contributed by atoms with Gasteiger partial charge in [0.2, 0.25) is 0 Å². The van der Waals surface area contributed by atoms with Crippen LogP contribution in [0.4, 0.5) is 0 Å². The maximum Gasteiger partial charge on any atom is 0.250 e. The molecule has 1 heterocycles. The summed E-state index contributed by atoms with van der Waals surface area (Å²) >= 11 is 9.75. The number of nitrogens with two attached hydrogens (primary N) is 1. The van der Waals surface area contributed by atoms with Gasteiger partial charge in [0.1, 0.15) is 4.21 Å². The van der Waals surface area contributed by atoms with Crippen LogP contribution in [-0.4, -0.2) is 18.9 Å². The van der Waals surface area contributed by atoms with Gasteiger partial charge in [0.15, 0.2) is 0 Å². The first-order valence-corrected chi connectivity index (χ1v) is 10.4. The van der Waals surface area contributed by atoms with Crippen molar-refractivity contribution >= 4 is 54.5 Å². The number of nitrogens with one attached hydrogen (secondary N) is 1. The van der Waals surface area contributed by atoms with Crippen molar-refractivity contribution in [2.45, 2.75) is 55.2 Å². The van der Waals surface area contributed by atoms with E-state index in [1.54, 1.807) is 6.07 Å². The van der Waals surface area contributed by atoms with E-state index in [-0.39, 0.29) is 4.99 Å². The van der Waals surface area contributed by atoms with E-state index >= 15 is 0 Å². The van der Waals surface area contributed by atoms with Crippen molar-refractivity contribution in [1.82, 2.24) is 4.72 Å². The third-order valence-corrected chi connectivity index (χ3v) is 8.40. The third-order valence-electron chi connectivity index (χ3n) is 3.86. The third kappa shape index (κ3) is 3.85. The Morgan fingerprint density at radius 3 is 2.38 bits per heavy atom. The van der Waals surface area contributed by atoms with Crippen molar-refractivity contribution in [1.29, 1.82) is 0 Å². The summed E-state index contributed by atoms with van der Waals surface area (Å²) in [6.07, 6.45) is 5.41. The van der Waals surface area contributed by atoms with E-state index in [0.717, 1.165) is 35.0 Å². The molecule has 4 nitrogen and oxygen atoms in total. The van der Waals surface area contributed by atoms with Gasteiger partial charge in [-0.3, -0.25) is 0 Å². The fraction of sp³-hybridized carbons (Fsp3) is 0.615. The monoisotopic (exact) mass is 410 g/mol. The number of rotatable bonds is 4. The number of hydrogen-bond acceptors (Lipinski definition) is 4. The van der Waals surface area contributed by atoms with Crippen LogP contribution in [0, 0.1) is 6.92 Å². The van der Waals surface area contributed by atoms with Gasteiger partial charge in [-0.25, -0.2) is 8.42 Å². The Morgan fingerprint density at radius 2 is 1.95 bits per heavy atom. The smallest absolute Gasteiger partial charge is 0.250 e. The van der Waals surface area contributed by atoms with Crippen LogP contribution in [0.15, 0.2) is 14.1 Å². The summed E-state index contributed by atoms with van der Waals surface area (Å²) in [5.74, 6) is 0. The number of sulfonamides is 1. The second kappa shape index (κ2) is 6.62. The van der Waals surface area contributed by atoms with Crippen LogP contribution in [0.3, 0.4) is 0 Å². The van der Waals surface area contributed by atoms with E-state index in [1.807, 2.05) is 6.92 Å². The fourth-order valence-corrected chi connectivity index (χ4v) is 6.59. The maximum atomic E-state index is 12.7. The molecule has 1 fully saturated rings. The van der Waals surface area contributed by atoms with E-state index < -0.39 is 15.6 Å². The second-order valence-corrected chi connectivity index (χ2v) is 10.2. The molecule has 3 N–H and O–H groups in total. The van der Waals surface area contributed by atoms with E-state index in [2.05, 4.69) is 20.7 Å². The molecule has 0 atom stereocenters. The molecule has 1 aliphatic rings. The average Bonchev–Trinajstić information content (AvgIpc) is 2.62. The molecule has 0 spiro atoms. The highest BCUT2D eigenvalue weighted by molar-refractivity contribution is 9.11. The lowest BCUT2D eigenvalue weighted by molar-refractivity contribution is 0.441. The van der Waals surface area contributed by atoms with Crippen molar-refractivity contribution in [3.8, 4) is 0 Å². The molecule has 8 heteroatoms. The van der Waals surface area contributed by atoms with Crippen LogP contribution in [0.1, 0.15) is 44.1 Å². The number of thiophene rings is 1. The first-order chi connectivity index (χ1) is 9.77. The Labute approximate surface area is 143 Å². The maximum absolute atomic E-state index is 12.7. The molecule has 21 heavy (non-hydrogen) atoms. The van der Waals surface area contributed by atoms with Crippen molar-refractivity contribution in [2.24, 2.45) is 5.73 Å². The molecule has 1 saturated carbocycles. The lowest BCUT2D eigenvalue weighted by Crippen LogP contribution is -2.56. The summed E-state index contributed by atoms with van der Waals surface area (Å²) < 4.78 is 29.2. The Morgan fingerprint density at radius 1 is 1.38 bits per heavy atom. The van der Waals surface area contributed by atoms with Gasteiger partial charge in [0, 0.05) is 0 Å². The van der Waals surface area contributed by atoms with E-state index in [4.69, 9.17) is 18.0 Å². The van der Waals surface area contributed by atoms with Crippen LogP contribution in [0.25, 0.3) is 0 Å². The van der Waals surface area contributed by atoms with E-state index in [9.17, 15) is 8.42 Å². The molecule has 0 aliphatic heterocycles. The molecular formula is C13H19BrN2O2S3. The Hall–Kier alpha value is -0.0200. The van der Waals surface area contributed by atoms with Crippen molar-refractivity contribution in [2.75, 3.05) is 0 Å². The molecular weight excluding hydrogens is 392 g/mol. The molecule has 0 bridgehead atoms. The molecule has 0 amide bonds. The molecule has 0 unspecified atom stereocenters. The molecule has 0 aromatic carbocycles. The summed E-state index contributed by atoms with van der Waals surface area (Å²) in [5.41, 5.74) is 6.02. The van der Waals surface area contributed by atoms with Crippen LogP contribution in [0.5, 0.6) is 0 Å². The van der Waals surface area contributed by atoms with Gasteiger partial charge in [-0.2, -0.15) is 4.72 Å². The lowest BCUT2D eigenvalue weighted by Gasteiger charge is -2.32. The Balaban J connectivity index is 2.33. The zero-order valence-electron chi connectivity index (χ0n) is 11.8. The van der Waals surface area contributed by atoms with Gasteiger partial charge < -0.3 is 5.73 Å². The van der Waals surface area contributed by atoms with Crippen LogP contribution >= 0.6 is 39.5 Å². The average molecular weight is 411 g/mol. The van der Waals surface area contributed by atoms with Gasteiger partial charge in [-0.15, -0.1) is 11.3 Å². The predicted molar refractivity (Wildman–Crippen MR) is 94.3 cm³/mol. The van der Waals surface area contributed by atoms with Gasteiger partial charge in [0.05, 0.1) is 14.3 Å². The fourth-order valence-electron chi connectivity index (χ4n) is 2.60. The van der Waals surface area contributed by atoms with Crippen molar-refractivity contribution < 1.29 is 8.42 Å². The number of thiocarbonyl (C=S) groups is 1. The molecule has 1 aromatic rings. The molecule has 1 aromatic heterocycles. The normalized spacial score (nSPS) is 19.1. The standard InChI is InChI=1S/C13H19BrN2O2S3/c1-9-8-10(20-11(9)14)21(17,18)16-13(12(15)19)6-4-2-3-5-7-13/h8,16H,2-7H2,1H3,(H2,15,19). The van der Waals surface area contributed by atoms with Crippen molar-refractivity contribution in [3.05, 3.63) is 15.4 Å². The second-order valence-electron chi connectivity index (χ2n) is 5.49. The van der Waals surface area contributed by atoms with Crippen LogP contribution in [-0.2, 0) is 10.0 Å². The Kier molecular flexibility index (Phi) is 5.46. The molecule has 0 saturated heterocycles. The molecule has 2 rings (SSSR count). The highest BCUT2D eigenvalue weighted by Gasteiger charge is 2.38. The highest BCUT2D eigenvalue weighted by Crippen LogP contribution is 2.33. The van der Waals surface area contributed by atoms with Gasteiger partial charge >= 0.3 is 0 Å². The van der Waals surface area contributed by atoms with Crippen molar-refractivity contribution in [3.63, 3.8) is 0 Å². The lowest BCUT2D eigenvalue weighted by atomic mass is 9.91. The van der Waals surface area contributed by atoms with Gasteiger partial charge in [-0.05, 0) is 47.3 Å².